The van der Waals surface area contributed by atoms with E-state index in [0.29, 0.717) is 17.7 Å². The summed E-state index contributed by atoms with van der Waals surface area (Å²) in [6.07, 6.45) is 1.42. The first-order chi connectivity index (χ1) is 8.35. The Morgan fingerprint density at radius 1 is 1.50 bits per heavy atom. The van der Waals surface area contributed by atoms with Crippen molar-refractivity contribution in [3.05, 3.63) is 28.8 Å². The molecule has 3 N–H and O–H groups in total. The molecule has 1 rings (SSSR count). The Hall–Kier alpha value is -0.850. The molecule has 0 spiro atoms. The van der Waals surface area contributed by atoms with Crippen LogP contribution in [0.5, 0.6) is 0 Å². The van der Waals surface area contributed by atoms with Gasteiger partial charge in [0.1, 0.15) is 4.99 Å². The lowest BCUT2D eigenvalue weighted by molar-refractivity contribution is 0.598. The minimum absolute atomic E-state index is 0.0802. The molecule has 0 atom stereocenters. The van der Waals surface area contributed by atoms with E-state index in [4.69, 9.17) is 29.6 Å². The fourth-order valence-electron chi connectivity index (χ4n) is 1.30. The predicted molar refractivity (Wildman–Crippen MR) is 79.7 cm³/mol. The van der Waals surface area contributed by atoms with Crippen LogP contribution in [0.4, 0.5) is 5.69 Å². The third kappa shape index (κ3) is 4.44. The topological polar surface area (TPSA) is 72.2 Å². The lowest BCUT2D eigenvalue weighted by Crippen LogP contribution is -2.17. The van der Waals surface area contributed by atoms with Gasteiger partial charge >= 0.3 is 0 Å². The first kappa shape index (κ1) is 15.2. The van der Waals surface area contributed by atoms with Gasteiger partial charge in [-0.05, 0) is 24.6 Å². The van der Waals surface area contributed by atoms with E-state index in [-0.39, 0.29) is 15.8 Å². The third-order valence-corrected chi connectivity index (χ3v) is 4.19. The second-order valence-corrected chi connectivity index (χ2v) is 6.52. The van der Waals surface area contributed by atoms with Gasteiger partial charge in [0.2, 0.25) is 10.0 Å². The Morgan fingerprint density at radius 2 is 2.17 bits per heavy atom. The number of nitrogens with one attached hydrogen (secondary N) is 1. The quantitative estimate of drug-likeness (QED) is 0.792. The number of benzene rings is 1. The van der Waals surface area contributed by atoms with Gasteiger partial charge in [-0.1, -0.05) is 37.2 Å². The summed E-state index contributed by atoms with van der Waals surface area (Å²) in [7, 11) is -3.35. The summed E-state index contributed by atoms with van der Waals surface area (Å²) >= 11 is 10.8. The molecule has 0 amide bonds. The molecule has 0 bridgehead atoms. The minimum Gasteiger partial charge on any atom is -0.389 e. The van der Waals surface area contributed by atoms with E-state index in [9.17, 15) is 8.42 Å². The molecule has 0 aromatic heterocycles. The van der Waals surface area contributed by atoms with E-state index >= 15 is 0 Å². The molecule has 1 aromatic carbocycles. The van der Waals surface area contributed by atoms with Gasteiger partial charge in [0.25, 0.3) is 0 Å². The summed E-state index contributed by atoms with van der Waals surface area (Å²) in [5, 5.41) is 0.278. The summed E-state index contributed by atoms with van der Waals surface area (Å²) in [5.41, 5.74) is 6.40. The molecule has 18 heavy (non-hydrogen) atoms. The Kier molecular flexibility index (Phi) is 5.37. The number of rotatable bonds is 6. The van der Waals surface area contributed by atoms with E-state index in [1.807, 2.05) is 6.92 Å². The van der Waals surface area contributed by atoms with Crippen molar-refractivity contribution in [2.45, 2.75) is 19.8 Å². The highest BCUT2D eigenvalue weighted by Gasteiger charge is 2.12. The van der Waals surface area contributed by atoms with E-state index in [1.54, 1.807) is 18.2 Å². The van der Waals surface area contributed by atoms with Crippen molar-refractivity contribution in [3.8, 4) is 0 Å². The Morgan fingerprint density at radius 3 is 2.67 bits per heavy atom. The van der Waals surface area contributed by atoms with Crippen LogP contribution in [0.15, 0.2) is 18.2 Å². The zero-order chi connectivity index (χ0) is 13.8. The van der Waals surface area contributed by atoms with Gasteiger partial charge in [-0.3, -0.25) is 4.72 Å². The number of sulfonamides is 1. The van der Waals surface area contributed by atoms with E-state index < -0.39 is 10.0 Å². The highest BCUT2D eigenvalue weighted by Crippen LogP contribution is 2.24. The summed E-state index contributed by atoms with van der Waals surface area (Å²) in [5.74, 6) is 0.0802. The molecule has 4 nitrogen and oxygen atoms in total. The van der Waals surface area contributed by atoms with Crippen molar-refractivity contribution in [2.24, 2.45) is 5.73 Å². The van der Waals surface area contributed by atoms with Crippen LogP contribution in [0.3, 0.4) is 0 Å². The summed E-state index contributed by atoms with van der Waals surface area (Å²) in [6.45, 7) is 1.93. The molecule has 0 aliphatic heterocycles. The lowest BCUT2D eigenvalue weighted by Gasteiger charge is -2.10. The van der Waals surface area contributed by atoms with Gasteiger partial charge in [0, 0.05) is 5.56 Å². The summed E-state index contributed by atoms with van der Waals surface area (Å²) in [4.78, 5) is 0.220. The van der Waals surface area contributed by atoms with Crippen LogP contribution in [-0.4, -0.2) is 19.2 Å². The standard InChI is InChI=1S/C11H15ClN2O2S2/c1-2-3-6-18(15,16)14-10-5-4-8(11(13)17)7-9(10)12/h4-5,7,14H,2-3,6H2,1H3,(H2,13,17). The Labute approximate surface area is 118 Å². The first-order valence-electron chi connectivity index (χ1n) is 5.45. The molecule has 0 aliphatic rings. The molecule has 0 fully saturated rings. The molecule has 0 heterocycles. The largest absolute Gasteiger partial charge is 0.389 e. The number of halogens is 1. The summed E-state index contributed by atoms with van der Waals surface area (Å²) in [6, 6.07) is 4.73. The van der Waals surface area contributed by atoms with Gasteiger partial charge in [-0.2, -0.15) is 0 Å². The van der Waals surface area contributed by atoms with Crippen LogP contribution in [0.1, 0.15) is 25.3 Å². The molecular weight excluding hydrogens is 292 g/mol. The summed E-state index contributed by atoms with van der Waals surface area (Å²) < 4.78 is 25.9. The molecular formula is C11H15ClN2O2S2. The maximum atomic E-state index is 11.7. The van der Waals surface area contributed by atoms with Crippen molar-refractivity contribution in [2.75, 3.05) is 10.5 Å². The average Bonchev–Trinajstić information content (AvgIpc) is 2.29. The predicted octanol–water partition coefficient (Wildman–Crippen LogP) is 2.52. The number of nitrogens with two attached hydrogens (primary N) is 1. The maximum Gasteiger partial charge on any atom is 0.232 e. The van der Waals surface area contributed by atoms with Gasteiger partial charge in [0.15, 0.2) is 0 Å². The van der Waals surface area contributed by atoms with Gasteiger partial charge < -0.3 is 5.73 Å². The van der Waals surface area contributed by atoms with Gasteiger partial charge in [-0.25, -0.2) is 8.42 Å². The monoisotopic (exact) mass is 306 g/mol. The third-order valence-electron chi connectivity index (χ3n) is 2.29. The van der Waals surface area contributed by atoms with Crippen molar-refractivity contribution in [3.63, 3.8) is 0 Å². The second kappa shape index (κ2) is 6.36. The van der Waals surface area contributed by atoms with Gasteiger partial charge in [0.05, 0.1) is 16.5 Å². The van der Waals surface area contributed by atoms with Crippen LogP contribution in [0.2, 0.25) is 5.02 Å². The maximum absolute atomic E-state index is 11.7. The molecule has 0 aliphatic carbocycles. The van der Waals surface area contributed by atoms with Crippen LogP contribution in [0.25, 0.3) is 0 Å². The molecule has 0 saturated heterocycles. The number of thiocarbonyl (C=S) groups is 1. The number of anilines is 1. The highest BCUT2D eigenvalue weighted by molar-refractivity contribution is 7.92. The number of unbranched alkanes of at least 4 members (excludes halogenated alkanes) is 1. The Bertz CT molecular complexity index is 544. The van der Waals surface area contributed by atoms with Crippen molar-refractivity contribution in [1.82, 2.24) is 0 Å². The molecule has 0 unspecified atom stereocenters. The number of hydrogen-bond donors (Lipinski definition) is 2. The minimum atomic E-state index is -3.35. The average molecular weight is 307 g/mol. The van der Waals surface area contributed by atoms with E-state index in [2.05, 4.69) is 4.72 Å². The zero-order valence-electron chi connectivity index (χ0n) is 9.94. The molecule has 1 aromatic rings. The fourth-order valence-corrected chi connectivity index (χ4v) is 3.00. The smallest absolute Gasteiger partial charge is 0.232 e. The molecule has 7 heteroatoms. The van der Waals surface area contributed by atoms with Crippen molar-refractivity contribution < 1.29 is 8.42 Å². The van der Waals surface area contributed by atoms with E-state index in [1.165, 1.54) is 0 Å². The van der Waals surface area contributed by atoms with Crippen LogP contribution >= 0.6 is 23.8 Å². The second-order valence-electron chi connectivity index (χ2n) is 3.83. The molecule has 100 valence electrons. The fraction of sp³-hybridized carbons (Fsp3) is 0.364. The van der Waals surface area contributed by atoms with Crippen molar-refractivity contribution in [1.29, 1.82) is 0 Å². The highest BCUT2D eigenvalue weighted by atomic mass is 35.5. The Balaban J connectivity index is 2.89. The van der Waals surface area contributed by atoms with Crippen LogP contribution in [0, 0.1) is 0 Å². The number of hydrogen-bond acceptors (Lipinski definition) is 3. The molecule has 0 radical (unpaired) electrons. The van der Waals surface area contributed by atoms with Crippen LogP contribution in [-0.2, 0) is 10.0 Å². The zero-order valence-corrected chi connectivity index (χ0v) is 12.3. The van der Waals surface area contributed by atoms with Gasteiger partial charge in [-0.15, -0.1) is 0 Å². The first-order valence-corrected chi connectivity index (χ1v) is 7.89. The van der Waals surface area contributed by atoms with E-state index in [0.717, 1.165) is 6.42 Å². The molecule has 0 saturated carbocycles. The van der Waals surface area contributed by atoms with Crippen LogP contribution < -0.4 is 10.5 Å². The van der Waals surface area contributed by atoms with Crippen molar-refractivity contribution >= 4 is 44.5 Å². The lowest BCUT2D eigenvalue weighted by atomic mass is 10.2. The normalized spacial score (nSPS) is 11.2. The SMILES string of the molecule is CCCCS(=O)(=O)Nc1ccc(C(N)=S)cc1Cl.